The number of sulfonamides is 1. The van der Waals surface area contributed by atoms with E-state index >= 15 is 0 Å². The van der Waals surface area contributed by atoms with Crippen LogP contribution in [0.1, 0.15) is 28.9 Å². The minimum absolute atomic E-state index is 0.000675. The fraction of sp³-hybridized carbons (Fsp3) is 0.240. The van der Waals surface area contributed by atoms with E-state index in [1.807, 2.05) is 55.4 Å². The Balaban J connectivity index is 1.80. The molecular formula is C25H29N3O3S. The molecule has 0 aliphatic carbocycles. The summed E-state index contributed by atoms with van der Waals surface area (Å²) < 4.78 is 27.9. The molecule has 0 bridgehead atoms. The van der Waals surface area contributed by atoms with Gasteiger partial charge in [-0.05, 0) is 56.9 Å². The summed E-state index contributed by atoms with van der Waals surface area (Å²) >= 11 is 0. The largest absolute Gasteiger partial charge is 0.350 e. The van der Waals surface area contributed by atoms with Crippen LogP contribution in [-0.4, -0.2) is 46.4 Å². The second kappa shape index (κ2) is 10.4. The number of amides is 1. The van der Waals surface area contributed by atoms with Crippen molar-refractivity contribution < 1.29 is 13.2 Å². The number of anilines is 1. The molecule has 0 aromatic heterocycles. The first-order chi connectivity index (χ1) is 15.3. The van der Waals surface area contributed by atoms with E-state index in [4.69, 9.17) is 0 Å². The van der Waals surface area contributed by atoms with Crippen molar-refractivity contribution in [3.8, 4) is 0 Å². The molecule has 3 aromatic rings. The van der Waals surface area contributed by atoms with E-state index in [1.54, 1.807) is 43.3 Å². The first kappa shape index (κ1) is 23.5. The highest BCUT2D eigenvalue weighted by Gasteiger charge is 2.24. The van der Waals surface area contributed by atoms with Crippen molar-refractivity contribution in [3.63, 3.8) is 0 Å². The van der Waals surface area contributed by atoms with Crippen LogP contribution in [0.15, 0.2) is 89.8 Å². The van der Waals surface area contributed by atoms with E-state index in [0.717, 1.165) is 5.56 Å². The molecule has 6 nitrogen and oxygen atoms in total. The molecule has 7 heteroatoms. The van der Waals surface area contributed by atoms with Crippen LogP contribution in [0, 0.1) is 0 Å². The Morgan fingerprint density at radius 2 is 1.53 bits per heavy atom. The standard InChI is InChI=1S/C25H29N3O3S/c1-4-28(22-15-9-6-10-16-22)32(30,31)23-17-11-14-21(18-23)25(29)26-19-24(27(2)3)20-12-7-5-8-13-20/h5-18,24H,4,19H2,1-3H3,(H,26,29). The molecule has 168 valence electrons. The maximum absolute atomic E-state index is 13.3. The summed E-state index contributed by atoms with van der Waals surface area (Å²) in [6.07, 6.45) is 0. The average molecular weight is 452 g/mol. The molecule has 0 aliphatic heterocycles. The lowest BCUT2D eigenvalue weighted by Gasteiger charge is -2.25. The lowest BCUT2D eigenvalue weighted by Crippen LogP contribution is -2.35. The van der Waals surface area contributed by atoms with Crippen LogP contribution in [0.2, 0.25) is 0 Å². The van der Waals surface area contributed by atoms with Gasteiger partial charge in [0.2, 0.25) is 0 Å². The smallest absolute Gasteiger partial charge is 0.264 e. The Hall–Kier alpha value is -3.16. The molecule has 0 saturated heterocycles. The Morgan fingerprint density at radius 3 is 2.12 bits per heavy atom. The molecule has 1 amide bonds. The van der Waals surface area contributed by atoms with E-state index in [0.29, 0.717) is 17.8 Å². The number of nitrogens with one attached hydrogen (secondary N) is 1. The molecule has 0 spiro atoms. The van der Waals surface area contributed by atoms with Crippen LogP contribution in [0.3, 0.4) is 0 Å². The van der Waals surface area contributed by atoms with Crippen LogP contribution in [-0.2, 0) is 10.0 Å². The van der Waals surface area contributed by atoms with E-state index in [1.165, 1.54) is 16.4 Å². The lowest BCUT2D eigenvalue weighted by atomic mass is 10.1. The Kier molecular flexibility index (Phi) is 7.66. The maximum Gasteiger partial charge on any atom is 0.264 e. The molecule has 0 radical (unpaired) electrons. The summed E-state index contributed by atoms with van der Waals surface area (Å²) in [6, 6.07) is 25.0. The first-order valence-electron chi connectivity index (χ1n) is 10.5. The molecule has 0 saturated carbocycles. The third-order valence-electron chi connectivity index (χ3n) is 5.28. The van der Waals surface area contributed by atoms with Crippen LogP contribution in [0.5, 0.6) is 0 Å². The van der Waals surface area contributed by atoms with Gasteiger partial charge < -0.3 is 10.2 Å². The second-order valence-corrected chi connectivity index (χ2v) is 9.50. The Morgan fingerprint density at radius 1 is 0.906 bits per heavy atom. The van der Waals surface area contributed by atoms with E-state index in [-0.39, 0.29) is 23.4 Å². The van der Waals surface area contributed by atoms with Crippen LogP contribution >= 0.6 is 0 Å². The van der Waals surface area contributed by atoms with Gasteiger partial charge in [-0.3, -0.25) is 9.10 Å². The molecule has 3 rings (SSSR count). The fourth-order valence-corrected chi connectivity index (χ4v) is 5.10. The molecule has 0 aliphatic rings. The van der Waals surface area contributed by atoms with Crippen LogP contribution in [0.25, 0.3) is 0 Å². The van der Waals surface area contributed by atoms with Gasteiger partial charge in [0.05, 0.1) is 16.6 Å². The molecule has 0 fully saturated rings. The Bertz CT molecular complexity index is 1130. The van der Waals surface area contributed by atoms with E-state index in [2.05, 4.69) is 5.32 Å². The zero-order valence-electron chi connectivity index (χ0n) is 18.6. The van der Waals surface area contributed by atoms with Gasteiger partial charge in [0.25, 0.3) is 15.9 Å². The quantitative estimate of drug-likeness (QED) is 0.535. The van der Waals surface area contributed by atoms with Gasteiger partial charge in [-0.25, -0.2) is 8.42 Å². The van der Waals surface area contributed by atoms with Gasteiger partial charge in [0, 0.05) is 18.7 Å². The number of hydrogen-bond acceptors (Lipinski definition) is 4. The highest BCUT2D eigenvalue weighted by Crippen LogP contribution is 2.24. The van der Waals surface area contributed by atoms with Gasteiger partial charge in [-0.2, -0.15) is 0 Å². The third-order valence-corrected chi connectivity index (χ3v) is 7.18. The van der Waals surface area contributed by atoms with Gasteiger partial charge in [-0.1, -0.05) is 54.6 Å². The number of benzene rings is 3. The van der Waals surface area contributed by atoms with Crippen LogP contribution in [0.4, 0.5) is 5.69 Å². The van der Waals surface area contributed by atoms with Crippen molar-refractivity contribution in [1.29, 1.82) is 0 Å². The van der Waals surface area contributed by atoms with Crippen molar-refractivity contribution in [2.45, 2.75) is 17.9 Å². The predicted molar refractivity (Wildman–Crippen MR) is 128 cm³/mol. The van der Waals surface area contributed by atoms with Gasteiger partial charge in [0.15, 0.2) is 0 Å². The summed E-state index contributed by atoms with van der Waals surface area (Å²) in [5.74, 6) is -0.312. The first-order valence-corrected chi connectivity index (χ1v) is 12.0. The van der Waals surface area contributed by atoms with E-state index < -0.39 is 10.0 Å². The average Bonchev–Trinajstić information content (AvgIpc) is 2.80. The van der Waals surface area contributed by atoms with Crippen molar-refractivity contribution in [1.82, 2.24) is 10.2 Å². The zero-order chi connectivity index (χ0) is 23.1. The number of rotatable bonds is 9. The molecule has 32 heavy (non-hydrogen) atoms. The third kappa shape index (κ3) is 5.36. The number of carbonyl (C=O) groups excluding carboxylic acids is 1. The summed E-state index contributed by atoms with van der Waals surface area (Å²) in [6.45, 7) is 2.47. The fourth-order valence-electron chi connectivity index (χ4n) is 3.58. The molecule has 3 aromatic carbocycles. The monoisotopic (exact) mass is 451 g/mol. The minimum atomic E-state index is -3.80. The minimum Gasteiger partial charge on any atom is -0.350 e. The van der Waals surface area contributed by atoms with Crippen molar-refractivity contribution >= 4 is 21.6 Å². The predicted octanol–water partition coefficient (Wildman–Crippen LogP) is 3.93. The Labute approximate surface area is 190 Å². The number of nitrogens with zero attached hydrogens (tertiary/aromatic N) is 2. The highest BCUT2D eigenvalue weighted by molar-refractivity contribution is 7.92. The van der Waals surface area contributed by atoms with Crippen molar-refractivity contribution in [2.75, 3.05) is 31.5 Å². The van der Waals surface area contributed by atoms with Crippen molar-refractivity contribution in [3.05, 3.63) is 96.1 Å². The number of likely N-dealkylation sites (N-methyl/N-ethyl adjacent to an activating group) is 1. The summed E-state index contributed by atoms with van der Waals surface area (Å²) in [5, 5.41) is 2.94. The maximum atomic E-state index is 13.3. The van der Waals surface area contributed by atoms with Crippen LogP contribution < -0.4 is 9.62 Å². The van der Waals surface area contributed by atoms with Gasteiger partial charge >= 0.3 is 0 Å². The summed E-state index contributed by atoms with van der Waals surface area (Å²) in [5.41, 5.74) is 1.98. The highest BCUT2D eigenvalue weighted by atomic mass is 32.2. The molecule has 0 heterocycles. The molecule has 1 atom stereocenters. The van der Waals surface area contributed by atoms with Gasteiger partial charge in [-0.15, -0.1) is 0 Å². The topological polar surface area (TPSA) is 69.7 Å². The molecule has 1 unspecified atom stereocenters. The SMILES string of the molecule is CCN(c1ccccc1)S(=O)(=O)c1cccc(C(=O)NCC(c2ccccc2)N(C)C)c1. The number of carbonyl (C=O) groups is 1. The zero-order valence-corrected chi connectivity index (χ0v) is 19.4. The second-order valence-electron chi connectivity index (χ2n) is 7.63. The summed E-state index contributed by atoms with van der Waals surface area (Å²) in [4.78, 5) is 15.0. The number of hydrogen-bond donors (Lipinski definition) is 1. The normalized spacial score (nSPS) is 12.4. The van der Waals surface area contributed by atoms with Gasteiger partial charge in [0.1, 0.15) is 0 Å². The number of para-hydroxylation sites is 1. The summed E-state index contributed by atoms with van der Waals surface area (Å²) in [7, 11) is 0.114. The van der Waals surface area contributed by atoms with Crippen molar-refractivity contribution in [2.24, 2.45) is 0 Å². The molecule has 1 N–H and O–H groups in total. The molecular weight excluding hydrogens is 422 g/mol. The lowest BCUT2D eigenvalue weighted by molar-refractivity contribution is 0.0941. The van der Waals surface area contributed by atoms with E-state index in [9.17, 15) is 13.2 Å².